The van der Waals surface area contributed by atoms with E-state index >= 15 is 17.6 Å². The fourth-order valence-corrected chi connectivity index (χ4v) is 8.56. The van der Waals surface area contributed by atoms with Crippen LogP contribution in [0.2, 0.25) is 0 Å². The third kappa shape index (κ3) is 3.05. The van der Waals surface area contributed by atoms with Gasteiger partial charge in [-0.25, -0.2) is 17.6 Å². The monoisotopic (exact) mass is 607 g/mol. The van der Waals surface area contributed by atoms with Gasteiger partial charge in [-0.1, -0.05) is 15.2 Å². The molecule has 2 atom stereocenters. The van der Waals surface area contributed by atoms with E-state index in [0.717, 1.165) is 12.1 Å². The maximum Gasteiger partial charge on any atom is 0.534 e. The minimum absolute atomic E-state index is 0.277. The molecular weight excluding hydrogens is 586 g/mol. The van der Waals surface area contributed by atoms with Crippen molar-refractivity contribution in [2.75, 3.05) is 5.32 Å². The summed E-state index contributed by atoms with van der Waals surface area (Å²) < 4.78 is 69.3. The average molecular weight is 608 g/mol. The number of nitrogens with zero attached hydrogens (tertiary/aromatic N) is 4. The lowest BCUT2D eigenvalue weighted by Crippen LogP contribution is -2.81. The fraction of sp³-hybridized carbons (Fsp3) is 0.0588. The molecule has 3 aliphatic heterocycles. The third-order valence-electron chi connectivity index (χ3n) is 8.65. The van der Waals surface area contributed by atoms with E-state index in [2.05, 4.69) is 5.32 Å². The summed E-state index contributed by atoms with van der Waals surface area (Å²) in [4.78, 5) is -1.23. The van der Waals surface area contributed by atoms with E-state index in [-0.39, 0.29) is 5.56 Å². The Morgan fingerprint density at radius 2 is 1.09 bits per heavy atom. The lowest BCUT2D eigenvalue weighted by molar-refractivity contribution is -0.989. The molecule has 5 nitrogen and oxygen atoms in total. The molecule has 4 aromatic heterocycles. The summed E-state index contributed by atoms with van der Waals surface area (Å²) in [5, 5.41) is 4.35. The Morgan fingerprint density at radius 3 is 1.82 bits per heavy atom. The van der Waals surface area contributed by atoms with E-state index in [1.165, 1.54) is 23.9 Å². The van der Waals surface area contributed by atoms with Crippen molar-refractivity contribution < 1.29 is 35.8 Å². The number of rotatable bonds is 0. The summed E-state index contributed by atoms with van der Waals surface area (Å²) in [7, 11) is 0. The van der Waals surface area contributed by atoms with E-state index < -0.39 is 34.1 Å². The molecule has 2 spiro atoms. The van der Waals surface area contributed by atoms with E-state index in [0.29, 0.717) is 38.9 Å². The smallest absolute Gasteiger partial charge is 0.207 e. The molecule has 0 fully saturated rings. The molecule has 0 saturated carbocycles. The molecule has 0 unspecified atom stereocenters. The van der Waals surface area contributed by atoms with Crippen LogP contribution in [0.4, 0.5) is 23.4 Å². The SMILES string of the molecule is Fc1cc(F)c2c(c1)[C@@]1(Nc3cccc[n+]3[C@]3(Sc4cccc[n+]41)c1cc(F)cc(F)c1-c1cccc[n+]13)[n+]1ccccc1-2. The maximum absolute atomic E-state index is 15.7. The summed E-state index contributed by atoms with van der Waals surface area (Å²) in [6, 6.07) is 26.7. The molecule has 9 rings (SSSR count). The van der Waals surface area contributed by atoms with E-state index in [4.69, 9.17) is 0 Å². The second-order valence-corrected chi connectivity index (χ2v) is 12.1. The zero-order valence-electron chi connectivity index (χ0n) is 22.8. The molecule has 44 heavy (non-hydrogen) atoms. The lowest BCUT2D eigenvalue weighted by atomic mass is 10.0. The predicted octanol–water partition coefficient (Wildman–Crippen LogP) is 4.99. The van der Waals surface area contributed by atoms with Gasteiger partial charge in [0, 0.05) is 54.6 Å². The van der Waals surface area contributed by atoms with Gasteiger partial charge in [0.2, 0.25) is 11.4 Å². The minimum atomic E-state index is -1.36. The van der Waals surface area contributed by atoms with Gasteiger partial charge in [0.15, 0.2) is 24.2 Å². The summed E-state index contributed by atoms with van der Waals surface area (Å²) >= 11 is 1.38. The molecule has 0 saturated heterocycles. The quantitative estimate of drug-likeness (QED) is 0.195. The number of halogens is 4. The first-order valence-electron chi connectivity index (χ1n) is 13.9. The number of hydrogen-bond donors (Lipinski definition) is 1. The van der Waals surface area contributed by atoms with Crippen LogP contribution in [0.25, 0.3) is 22.5 Å². The van der Waals surface area contributed by atoms with Gasteiger partial charge in [-0.05, 0) is 36.4 Å². The van der Waals surface area contributed by atoms with Crippen molar-refractivity contribution in [3.8, 4) is 22.5 Å². The van der Waals surface area contributed by atoms with Crippen molar-refractivity contribution in [3.63, 3.8) is 0 Å². The highest BCUT2D eigenvalue weighted by molar-refractivity contribution is 7.99. The Labute approximate surface area is 252 Å². The first-order valence-corrected chi connectivity index (χ1v) is 14.8. The minimum Gasteiger partial charge on any atom is -0.207 e. The van der Waals surface area contributed by atoms with Crippen molar-refractivity contribution >= 4 is 17.6 Å². The Bertz CT molecular complexity index is 2070. The molecular formula is C34H21F4N5S+4. The normalized spacial score (nSPS) is 20.1. The molecule has 0 bridgehead atoms. The van der Waals surface area contributed by atoms with Crippen LogP contribution in [0.15, 0.2) is 127 Å². The number of fused-ring (bicyclic) bond motifs is 14. The van der Waals surface area contributed by atoms with Crippen molar-refractivity contribution in [1.82, 2.24) is 0 Å². The number of aromatic nitrogens is 4. The Kier molecular flexibility index (Phi) is 5.04. The van der Waals surface area contributed by atoms with E-state index in [9.17, 15) is 0 Å². The van der Waals surface area contributed by atoms with Crippen molar-refractivity contribution in [1.29, 1.82) is 0 Å². The lowest BCUT2D eigenvalue weighted by Gasteiger charge is -2.28. The fourth-order valence-electron chi connectivity index (χ4n) is 7.04. The molecule has 1 N–H and O–H groups in total. The number of nitrogens with one attached hydrogen (secondary N) is 1. The largest absolute Gasteiger partial charge is 0.534 e. The van der Waals surface area contributed by atoms with Crippen molar-refractivity contribution in [2.45, 2.75) is 15.8 Å². The van der Waals surface area contributed by atoms with Gasteiger partial charge in [0.05, 0.1) is 23.5 Å². The molecule has 10 heteroatoms. The van der Waals surface area contributed by atoms with Crippen LogP contribution in [0.3, 0.4) is 0 Å². The van der Waals surface area contributed by atoms with Crippen LogP contribution in [0.1, 0.15) is 11.1 Å². The van der Waals surface area contributed by atoms with Gasteiger partial charge in [0.25, 0.3) is 10.8 Å². The molecule has 2 aromatic carbocycles. The number of hydrogen-bond acceptors (Lipinski definition) is 2. The average Bonchev–Trinajstić information content (AvgIpc) is 3.45. The number of pyridine rings is 4. The molecule has 6 aromatic rings. The van der Waals surface area contributed by atoms with Gasteiger partial charge in [-0.15, -0.1) is 9.88 Å². The number of thioether (sulfide) groups is 1. The molecule has 7 heterocycles. The number of anilines is 1. The third-order valence-corrected chi connectivity index (χ3v) is 10.1. The zero-order chi connectivity index (χ0) is 29.8. The first-order chi connectivity index (χ1) is 21.4. The van der Waals surface area contributed by atoms with Crippen LogP contribution in [-0.2, 0) is 10.8 Å². The van der Waals surface area contributed by atoms with Crippen LogP contribution in [0, 0.1) is 23.3 Å². The predicted molar refractivity (Wildman–Crippen MR) is 152 cm³/mol. The van der Waals surface area contributed by atoms with Gasteiger partial charge in [-0.3, -0.25) is 0 Å². The summed E-state index contributed by atoms with van der Waals surface area (Å²) in [6.45, 7) is 0. The van der Waals surface area contributed by atoms with Gasteiger partial charge >= 0.3 is 10.8 Å². The van der Waals surface area contributed by atoms with E-state index in [1.54, 1.807) is 6.07 Å². The molecule has 0 aliphatic carbocycles. The van der Waals surface area contributed by atoms with Gasteiger partial charge in [-0.2, -0.15) is 4.57 Å². The highest BCUT2D eigenvalue weighted by Gasteiger charge is 2.71. The van der Waals surface area contributed by atoms with E-state index in [1.807, 2.05) is 110 Å². The number of benzene rings is 2. The maximum atomic E-state index is 15.7. The van der Waals surface area contributed by atoms with Crippen LogP contribution in [0.5, 0.6) is 0 Å². The van der Waals surface area contributed by atoms with Crippen molar-refractivity contribution in [3.05, 3.63) is 156 Å². The second kappa shape index (κ2) is 8.73. The summed E-state index contributed by atoms with van der Waals surface area (Å²) in [5.74, 6) is -3.56. The van der Waals surface area contributed by atoms with Gasteiger partial charge < -0.3 is 0 Å². The molecule has 3 aliphatic rings. The first kappa shape index (κ1) is 25.4. The Hall–Kier alpha value is -5.09. The van der Waals surface area contributed by atoms with Crippen molar-refractivity contribution in [2.24, 2.45) is 0 Å². The van der Waals surface area contributed by atoms with Gasteiger partial charge in [0.1, 0.15) is 34.4 Å². The second-order valence-electron chi connectivity index (χ2n) is 10.9. The summed E-state index contributed by atoms with van der Waals surface area (Å²) in [6.07, 6.45) is 7.38. The highest BCUT2D eigenvalue weighted by atomic mass is 32.2. The zero-order valence-corrected chi connectivity index (χ0v) is 23.6. The molecule has 0 amide bonds. The molecule has 0 radical (unpaired) electrons. The van der Waals surface area contributed by atoms with Crippen LogP contribution < -0.4 is 23.6 Å². The van der Waals surface area contributed by atoms with Crippen LogP contribution >= 0.6 is 11.8 Å². The Morgan fingerprint density at radius 1 is 0.545 bits per heavy atom. The standard InChI is InChI=1S/C34H20F4N5S/c35-21-17-23-31(25(37)19-21)27-9-1-5-13-40(27)33(23)39-29-11-3-7-15-42(29)34(44-30-12-4-8-16-43(30)33)24-18-22(36)20-26(38)32(24)28-10-2-6-14-41(28)34/h1-20H/q+3/p+1/t33-,34+/m1/s1. The summed E-state index contributed by atoms with van der Waals surface area (Å²) in [5.41, 5.74) is 2.53. The van der Waals surface area contributed by atoms with Crippen LogP contribution in [-0.4, -0.2) is 0 Å². The highest BCUT2D eigenvalue weighted by Crippen LogP contribution is 2.48. The topological polar surface area (TPSA) is 27.5 Å². The Balaban J connectivity index is 1.44. The molecule has 212 valence electrons.